The first-order valence-electron chi connectivity index (χ1n) is 6.22. The third kappa shape index (κ3) is 3.37. The lowest BCUT2D eigenvalue weighted by Crippen LogP contribution is -2.40. The van der Waals surface area contributed by atoms with Crippen molar-refractivity contribution in [2.45, 2.75) is 0 Å². The van der Waals surface area contributed by atoms with Crippen molar-refractivity contribution in [3.63, 3.8) is 0 Å². The molecule has 2 rings (SSSR count). The maximum absolute atomic E-state index is 12.3. The van der Waals surface area contributed by atoms with E-state index in [0.717, 1.165) is 0 Å². The molecule has 0 saturated carbocycles. The monoisotopic (exact) mass is 294 g/mol. The molecule has 1 aromatic carbocycles. The first kappa shape index (κ1) is 14.6. The Balaban J connectivity index is 2.14. The normalized spacial score (nSPS) is 14.8. The van der Waals surface area contributed by atoms with E-state index in [1.807, 2.05) is 0 Å². The molecule has 20 heavy (non-hydrogen) atoms. The molecule has 0 aromatic heterocycles. The van der Waals surface area contributed by atoms with Gasteiger partial charge in [0.2, 0.25) is 5.91 Å². The fourth-order valence-electron chi connectivity index (χ4n) is 1.90. The van der Waals surface area contributed by atoms with Crippen molar-refractivity contribution >= 4 is 29.1 Å². The maximum Gasteiger partial charge on any atom is 0.255 e. The predicted molar refractivity (Wildman–Crippen MR) is 77.0 cm³/mol. The summed E-state index contributed by atoms with van der Waals surface area (Å²) in [6.45, 7) is 5.56. The van der Waals surface area contributed by atoms with Crippen LogP contribution in [0.15, 0.2) is 30.9 Å². The topological polar surface area (TPSA) is 58.6 Å². The van der Waals surface area contributed by atoms with Crippen molar-refractivity contribution in [3.8, 4) is 0 Å². The minimum Gasteiger partial charge on any atom is -0.378 e. The Morgan fingerprint density at radius 1 is 1.35 bits per heavy atom. The molecule has 6 heteroatoms. The van der Waals surface area contributed by atoms with E-state index >= 15 is 0 Å². The smallest absolute Gasteiger partial charge is 0.255 e. The van der Waals surface area contributed by atoms with Crippen molar-refractivity contribution < 1.29 is 14.3 Å². The van der Waals surface area contributed by atoms with Gasteiger partial charge >= 0.3 is 0 Å². The lowest BCUT2D eigenvalue weighted by molar-refractivity contribution is -0.111. The van der Waals surface area contributed by atoms with Crippen LogP contribution in [0.25, 0.3) is 0 Å². The fraction of sp³-hybridized carbons (Fsp3) is 0.286. The predicted octanol–water partition coefficient (Wildman–Crippen LogP) is 1.94. The molecule has 106 valence electrons. The second kappa shape index (κ2) is 6.54. The van der Waals surface area contributed by atoms with Gasteiger partial charge in [0.25, 0.3) is 5.91 Å². The number of nitrogens with one attached hydrogen (secondary N) is 1. The Morgan fingerprint density at radius 3 is 2.65 bits per heavy atom. The van der Waals surface area contributed by atoms with Gasteiger partial charge in [-0.2, -0.15) is 0 Å². The summed E-state index contributed by atoms with van der Waals surface area (Å²) >= 11 is 6.11. The van der Waals surface area contributed by atoms with Gasteiger partial charge in [-0.15, -0.1) is 0 Å². The number of anilines is 1. The van der Waals surface area contributed by atoms with Gasteiger partial charge in [-0.05, 0) is 24.3 Å². The van der Waals surface area contributed by atoms with E-state index < -0.39 is 0 Å². The zero-order valence-electron chi connectivity index (χ0n) is 10.9. The Morgan fingerprint density at radius 2 is 2.05 bits per heavy atom. The van der Waals surface area contributed by atoms with Crippen molar-refractivity contribution in [1.82, 2.24) is 4.90 Å². The van der Waals surface area contributed by atoms with Gasteiger partial charge in [-0.25, -0.2) is 0 Å². The molecule has 1 N–H and O–H groups in total. The molecule has 1 heterocycles. The molecule has 1 aliphatic rings. The van der Waals surface area contributed by atoms with E-state index in [-0.39, 0.29) is 11.8 Å². The average molecular weight is 295 g/mol. The summed E-state index contributed by atoms with van der Waals surface area (Å²) in [4.78, 5) is 25.2. The van der Waals surface area contributed by atoms with Gasteiger partial charge in [-0.1, -0.05) is 18.2 Å². The molecule has 1 fully saturated rings. The molecule has 2 amide bonds. The van der Waals surface area contributed by atoms with Crippen LogP contribution >= 0.6 is 11.6 Å². The fourth-order valence-corrected chi connectivity index (χ4v) is 2.16. The van der Waals surface area contributed by atoms with Gasteiger partial charge < -0.3 is 15.0 Å². The highest BCUT2D eigenvalue weighted by Gasteiger charge is 2.20. The zero-order valence-corrected chi connectivity index (χ0v) is 11.7. The van der Waals surface area contributed by atoms with E-state index in [1.165, 1.54) is 6.08 Å². The number of amides is 2. The summed E-state index contributed by atoms with van der Waals surface area (Å²) < 4.78 is 5.21. The van der Waals surface area contributed by atoms with E-state index in [2.05, 4.69) is 11.9 Å². The van der Waals surface area contributed by atoms with Crippen LogP contribution < -0.4 is 5.32 Å². The average Bonchev–Trinajstić information content (AvgIpc) is 2.47. The lowest BCUT2D eigenvalue weighted by Gasteiger charge is -2.27. The summed E-state index contributed by atoms with van der Waals surface area (Å²) in [6.07, 6.45) is 1.17. The second-order valence-corrected chi connectivity index (χ2v) is 4.70. The Labute approximate surface area is 122 Å². The largest absolute Gasteiger partial charge is 0.378 e. The highest BCUT2D eigenvalue weighted by atomic mass is 35.5. The third-order valence-electron chi connectivity index (χ3n) is 2.95. The molecule has 0 atom stereocenters. The molecule has 1 aromatic rings. The first-order valence-corrected chi connectivity index (χ1v) is 6.59. The van der Waals surface area contributed by atoms with Crippen LogP contribution in [-0.2, 0) is 9.53 Å². The number of rotatable bonds is 3. The van der Waals surface area contributed by atoms with Crippen LogP contribution in [-0.4, -0.2) is 43.0 Å². The molecular weight excluding hydrogens is 280 g/mol. The van der Waals surface area contributed by atoms with Crippen molar-refractivity contribution in [3.05, 3.63) is 41.4 Å². The number of hydrogen-bond donors (Lipinski definition) is 1. The summed E-state index contributed by atoms with van der Waals surface area (Å²) in [5.41, 5.74) is 0.948. The van der Waals surface area contributed by atoms with Crippen LogP contribution in [0.3, 0.4) is 0 Å². The quantitative estimate of drug-likeness (QED) is 0.867. The van der Waals surface area contributed by atoms with Crippen molar-refractivity contribution in [2.75, 3.05) is 31.6 Å². The highest BCUT2D eigenvalue weighted by molar-refractivity contribution is 6.34. The minimum absolute atomic E-state index is 0.125. The van der Waals surface area contributed by atoms with E-state index in [9.17, 15) is 9.59 Å². The first-order chi connectivity index (χ1) is 9.61. The number of morpholine rings is 1. The van der Waals surface area contributed by atoms with E-state index in [0.29, 0.717) is 42.6 Å². The number of ether oxygens (including phenoxy) is 1. The van der Waals surface area contributed by atoms with Crippen molar-refractivity contribution in [1.29, 1.82) is 0 Å². The van der Waals surface area contributed by atoms with Crippen LogP contribution in [0.5, 0.6) is 0 Å². The van der Waals surface area contributed by atoms with Gasteiger partial charge in [0.1, 0.15) is 0 Å². The SMILES string of the molecule is C=CC(=O)Nc1ccc(C(=O)N2CCOCC2)c(Cl)c1. The standard InChI is InChI=1S/C14H15ClN2O3/c1-2-13(18)16-10-3-4-11(12(15)9-10)14(19)17-5-7-20-8-6-17/h2-4,9H,1,5-8H2,(H,16,18). The van der Waals surface area contributed by atoms with E-state index in [1.54, 1.807) is 23.1 Å². The Kier molecular flexibility index (Phi) is 4.76. The molecule has 0 unspecified atom stereocenters. The number of carbonyl (C=O) groups excluding carboxylic acids is 2. The zero-order chi connectivity index (χ0) is 14.5. The Hall–Kier alpha value is -1.85. The van der Waals surface area contributed by atoms with Gasteiger partial charge in [0, 0.05) is 18.8 Å². The summed E-state index contributed by atoms with van der Waals surface area (Å²) in [6, 6.07) is 4.80. The lowest BCUT2D eigenvalue weighted by atomic mass is 10.1. The molecule has 1 saturated heterocycles. The van der Waals surface area contributed by atoms with Crippen molar-refractivity contribution in [2.24, 2.45) is 0 Å². The molecule has 0 radical (unpaired) electrons. The van der Waals surface area contributed by atoms with Gasteiger partial charge in [0.15, 0.2) is 0 Å². The third-order valence-corrected chi connectivity index (χ3v) is 3.26. The molecule has 5 nitrogen and oxygen atoms in total. The molecule has 0 spiro atoms. The van der Waals surface area contributed by atoms with Crippen LogP contribution in [0.1, 0.15) is 10.4 Å². The summed E-state index contributed by atoms with van der Waals surface area (Å²) in [7, 11) is 0. The molecular formula is C14H15ClN2O3. The summed E-state index contributed by atoms with van der Waals surface area (Å²) in [5, 5.41) is 2.90. The second-order valence-electron chi connectivity index (χ2n) is 4.29. The molecule has 0 bridgehead atoms. The van der Waals surface area contributed by atoms with Gasteiger partial charge in [0.05, 0.1) is 23.8 Å². The number of hydrogen-bond acceptors (Lipinski definition) is 3. The highest BCUT2D eigenvalue weighted by Crippen LogP contribution is 2.22. The number of carbonyl (C=O) groups is 2. The summed E-state index contributed by atoms with van der Waals surface area (Å²) in [5.74, 6) is -0.451. The van der Waals surface area contributed by atoms with Crippen LogP contribution in [0, 0.1) is 0 Å². The molecule has 0 aliphatic carbocycles. The number of benzene rings is 1. The van der Waals surface area contributed by atoms with Crippen LogP contribution in [0.4, 0.5) is 5.69 Å². The van der Waals surface area contributed by atoms with Crippen LogP contribution in [0.2, 0.25) is 5.02 Å². The Bertz CT molecular complexity index is 539. The van der Waals surface area contributed by atoms with Gasteiger partial charge in [-0.3, -0.25) is 9.59 Å². The molecule has 1 aliphatic heterocycles. The number of nitrogens with zero attached hydrogens (tertiary/aromatic N) is 1. The maximum atomic E-state index is 12.3. The number of halogens is 1. The minimum atomic E-state index is -0.326. The van der Waals surface area contributed by atoms with E-state index in [4.69, 9.17) is 16.3 Å².